The van der Waals surface area contributed by atoms with Gasteiger partial charge in [-0.2, -0.15) is 0 Å². The molecule has 1 nitrogen and oxygen atoms in total. The maximum absolute atomic E-state index is 3.35. The number of rotatable bonds is 4. The smallest absolute Gasteiger partial charge is 0.0167 e. The first-order chi connectivity index (χ1) is 9.22. The molecule has 1 aliphatic carbocycles. The van der Waals surface area contributed by atoms with Crippen LogP contribution in [0.1, 0.15) is 48.8 Å². The normalized spacial score (nSPS) is 17.7. The van der Waals surface area contributed by atoms with Crippen LogP contribution in [0.15, 0.2) is 23.8 Å². The van der Waals surface area contributed by atoms with E-state index in [1.807, 2.05) is 0 Å². The van der Waals surface area contributed by atoms with Gasteiger partial charge in [-0.25, -0.2) is 0 Å². The SMILES string of the molecule is CNCC(=Cc1cccc(C)c1C)C1CCCCC1. The Labute approximate surface area is 118 Å². The highest BCUT2D eigenvalue weighted by molar-refractivity contribution is 5.58. The molecule has 0 amide bonds. The third kappa shape index (κ3) is 3.70. The highest BCUT2D eigenvalue weighted by Crippen LogP contribution is 2.31. The van der Waals surface area contributed by atoms with E-state index in [0.29, 0.717) is 0 Å². The Kier molecular flexibility index (Phi) is 5.21. The van der Waals surface area contributed by atoms with E-state index in [0.717, 1.165) is 12.5 Å². The molecule has 1 aromatic rings. The van der Waals surface area contributed by atoms with Gasteiger partial charge in [-0.15, -0.1) is 0 Å². The van der Waals surface area contributed by atoms with Gasteiger partial charge in [0.2, 0.25) is 0 Å². The fourth-order valence-electron chi connectivity index (χ4n) is 3.12. The van der Waals surface area contributed by atoms with E-state index in [9.17, 15) is 0 Å². The summed E-state index contributed by atoms with van der Waals surface area (Å²) in [5, 5.41) is 3.35. The number of aryl methyl sites for hydroxylation is 1. The Morgan fingerprint density at radius 1 is 1.21 bits per heavy atom. The zero-order valence-electron chi connectivity index (χ0n) is 12.6. The second-order valence-electron chi connectivity index (χ2n) is 5.87. The van der Waals surface area contributed by atoms with Crippen LogP contribution in [0.3, 0.4) is 0 Å². The summed E-state index contributed by atoms with van der Waals surface area (Å²) in [6, 6.07) is 6.62. The Morgan fingerprint density at radius 2 is 1.95 bits per heavy atom. The fourth-order valence-corrected chi connectivity index (χ4v) is 3.12. The van der Waals surface area contributed by atoms with Crippen LogP contribution in [0.4, 0.5) is 0 Å². The third-order valence-corrected chi connectivity index (χ3v) is 4.50. The molecule has 1 aliphatic rings. The summed E-state index contributed by atoms with van der Waals surface area (Å²) >= 11 is 0. The van der Waals surface area contributed by atoms with Gasteiger partial charge < -0.3 is 5.32 Å². The van der Waals surface area contributed by atoms with E-state index in [1.165, 1.54) is 48.8 Å². The predicted molar refractivity (Wildman–Crippen MR) is 84.4 cm³/mol. The number of nitrogens with one attached hydrogen (secondary N) is 1. The molecule has 1 heteroatoms. The van der Waals surface area contributed by atoms with E-state index < -0.39 is 0 Å². The van der Waals surface area contributed by atoms with Gasteiger partial charge in [0.15, 0.2) is 0 Å². The zero-order chi connectivity index (χ0) is 13.7. The predicted octanol–water partition coefficient (Wildman–Crippen LogP) is 4.49. The summed E-state index contributed by atoms with van der Waals surface area (Å²) in [6.07, 6.45) is 9.41. The summed E-state index contributed by atoms with van der Waals surface area (Å²) in [5.74, 6) is 0.793. The average Bonchev–Trinajstić information content (AvgIpc) is 2.44. The van der Waals surface area contributed by atoms with Gasteiger partial charge >= 0.3 is 0 Å². The van der Waals surface area contributed by atoms with E-state index in [1.54, 1.807) is 5.57 Å². The molecule has 0 radical (unpaired) electrons. The number of hydrogen-bond acceptors (Lipinski definition) is 1. The first-order valence-corrected chi connectivity index (χ1v) is 7.63. The van der Waals surface area contributed by atoms with Crippen molar-refractivity contribution in [3.05, 3.63) is 40.5 Å². The molecular formula is C18H27N. The molecule has 0 bridgehead atoms. The first-order valence-electron chi connectivity index (χ1n) is 7.63. The van der Waals surface area contributed by atoms with Crippen molar-refractivity contribution in [3.63, 3.8) is 0 Å². The maximum atomic E-state index is 3.35. The van der Waals surface area contributed by atoms with Crippen molar-refractivity contribution in [1.82, 2.24) is 5.32 Å². The Morgan fingerprint density at radius 3 is 2.63 bits per heavy atom. The molecule has 0 saturated heterocycles. The second kappa shape index (κ2) is 6.91. The molecule has 0 aromatic heterocycles. The van der Waals surface area contributed by atoms with Crippen LogP contribution in [-0.2, 0) is 0 Å². The molecule has 19 heavy (non-hydrogen) atoms. The van der Waals surface area contributed by atoms with Crippen molar-refractivity contribution < 1.29 is 0 Å². The van der Waals surface area contributed by atoms with E-state index in [-0.39, 0.29) is 0 Å². The van der Waals surface area contributed by atoms with Crippen LogP contribution in [0.2, 0.25) is 0 Å². The Hall–Kier alpha value is -1.08. The molecule has 104 valence electrons. The Bertz CT molecular complexity index is 439. The van der Waals surface area contributed by atoms with E-state index in [2.05, 4.69) is 50.5 Å². The summed E-state index contributed by atoms with van der Waals surface area (Å²) in [5.41, 5.74) is 5.81. The van der Waals surface area contributed by atoms with Gasteiger partial charge in [-0.05, 0) is 56.3 Å². The second-order valence-corrected chi connectivity index (χ2v) is 5.87. The van der Waals surface area contributed by atoms with Crippen molar-refractivity contribution in [1.29, 1.82) is 0 Å². The zero-order valence-corrected chi connectivity index (χ0v) is 12.6. The maximum Gasteiger partial charge on any atom is 0.0167 e. The van der Waals surface area contributed by atoms with Crippen molar-refractivity contribution in [2.24, 2.45) is 5.92 Å². The highest BCUT2D eigenvalue weighted by Gasteiger charge is 2.17. The summed E-state index contributed by atoms with van der Waals surface area (Å²) < 4.78 is 0. The van der Waals surface area contributed by atoms with Gasteiger partial charge in [0.1, 0.15) is 0 Å². The van der Waals surface area contributed by atoms with Crippen LogP contribution in [0, 0.1) is 19.8 Å². The van der Waals surface area contributed by atoms with Gasteiger partial charge in [0, 0.05) is 6.54 Å². The third-order valence-electron chi connectivity index (χ3n) is 4.50. The topological polar surface area (TPSA) is 12.0 Å². The minimum absolute atomic E-state index is 0.793. The molecule has 1 fully saturated rings. The number of benzene rings is 1. The highest BCUT2D eigenvalue weighted by atomic mass is 14.8. The number of likely N-dealkylation sites (N-methyl/N-ethyl adjacent to an activating group) is 1. The van der Waals surface area contributed by atoms with Crippen molar-refractivity contribution in [3.8, 4) is 0 Å². The van der Waals surface area contributed by atoms with Gasteiger partial charge in [-0.1, -0.05) is 49.1 Å². The largest absolute Gasteiger partial charge is 0.316 e. The summed E-state index contributed by atoms with van der Waals surface area (Å²) in [4.78, 5) is 0. The lowest BCUT2D eigenvalue weighted by atomic mass is 9.82. The minimum Gasteiger partial charge on any atom is -0.316 e. The lowest BCUT2D eigenvalue weighted by Gasteiger charge is -2.25. The molecule has 2 rings (SSSR count). The van der Waals surface area contributed by atoms with Crippen molar-refractivity contribution in [2.45, 2.75) is 46.0 Å². The van der Waals surface area contributed by atoms with Crippen LogP contribution >= 0.6 is 0 Å². The molecule has 0 aliphatic heterocycles. The Balaban J connectivity index is 2.26. The van der Waals surface area contributed by atoms with Crippen LogP contribution in [0.25, 0.3) is 6.08 Å². The van der Waals surface area contributed by atoms with Gasteiger partial charge in [0.05, 0.1) is 0 Å². The monoisotopic (exact) mass is 257 g/mol. The van der Waals surface area contributed by atoms with Crippen molar-refractivity contribution in [2.75, 3.05) is 13.6 Å². The van der Waals surface area contributed by atoms with Crippen LogP contribution < -0.4 is 5.32 Å². The summed E-state index contributed by atoms with van der Waals surface area (Å²) in [7, 11) is 2.06. The lowest BCUT2D eigenvalue weighted by molar-refractivity contribution is 0.398. The molecule has 1 N–H and O–H groups in total. The fraction of sp³-hybridized carbons (Fsp3) is 0.556. The molecule has 0 spiro atoms. The molecular weight excluding hydrogens is 230 g/mol. The number of hydrogen-bond donors (Lipinski definition) is 1. The average molecular weight is 257 g/mol. The quantitative estimate of drug-likeness (QED) is 0.838. The molecule has 0 heterocycles. The molecule has 1 saturated carbocycles. The molecule has 0 atom stereocenters. The van der Waals surface area contributed by atoms with Crippen molar-refractivity contribution >= 4 is 6.08 Å². The van der Waals surface area contributed by atoms with E-state index >= 15 is 0 Å². The molecule has 1 aromatic carbocycles. The summed E-state index contributed by atoms with van der Waals surface area (Å²) in [6.45, 7) is 5.46. The molecule has 0 unspecified atom stereocenters. The lowest BCUT2D eigenvalue weighted by Crippen LogP contribution is -2.19. The first kappa shape index (κ1) is 14.3. The van der Waals surface area contributed by atoms with Crippen LogP contribution in [-0.4, -0.2) is 13.6 Å². The van der Waals surface area contributed by atoms with Gasteiger partial charge in [-0.3, -0.25) is 0 Å². The van der Waals surface area contributed by atoms with Gasteiger partial charge in [0.25, 0.3) is 0 Å². The standard InChI is InChI=1S/C18H27N/c1-14-8-7-11-17(15(14)2)12-18(13-19-3)16-9-5-4-6-10-16/h7-8,11-12,16,19H,4-6,9-10,13H2,1-3H3. The van der Waals surface area contributed by atoms with E-state index in [4.69, 9.17) is 0 Å². The minimum atomic E-state index is 0.793. The van der Waals surface area contributed by atoms with Crippen LogP contribution in [0.5, 0.6) is 0 Å².